The van der Waals surface area contributed by atoms with Crippen LogP contribution in [0.25, 0.3) is 201 Å². The lowest BCUT2D eigenvalue weighted by Gasteiger charge is -2.10. The van der Waals surface area contributed by atoms with Gasteiger partial charge in [0.2, 0.25) is 5.71 Å². The van der Waals surface area contributed by atoms with Crippen molar-refractivity contribution in [3.8, 4) is 135 Å². The first-order valence-electron chi connectivity index (χ1n) is 35.0. The average Bonchev–Trinajstić information content (AvgIpc) is 1.60. The number of para-hydroxylation sites is 3. The SMILES string of the molecule is c1ccc(-c2ccc(-c3nc(-c4ccccc4)nc(-c4ccc(-c5ccc(-c6cc7c(cn6)oc6c8ccccc8ncc76)cc5)cc4)n3)cc2)cc1.c1ccc(-c2ccc(-c3nc(-c4ccccc4)nc(-c4ccc(-c5ccc(-c6ccc7c(c6)oc6nc8ccccc8nc67)cc5)cc4)n3)cc2)cc1. The van der Waals surface area contributed by atoms with Crippen LogP contribution in [0.1, 0.15) is 0 Å². The molecular weight excluding hydrogens is 1300 g/mol. The molecule has 0 saturated heterocycles. The predicted octanol–water partition coefficient (Wildman–Crippen LogP) is 23.4. The van der Waals surface area contributed by atoms with Gasteiger partial charge >= 0.3 is 0 Å². The fourth-order valence-corrected chi connectivity index (χ4v) is 13.6. The molecule has 496 valence electrons. The van der Waals surface area contributed by atoms with Gasteiger partial charge in [-0.05, 0) is 98.1 Å². The molecule has 12 heteroatoms. The molecule has 106 heavy (non-hydrogen) atoms. The molecule has 7 heterocycles. The molecule has 20 aromatic rings. The summed E-state index contributed by atoms with van der Waals surface area (Å²) in [5, 5.41) is 3.95. The van der Waals surface area contributed by atoms with Crippen molar-refractivity contribution in [2.75, 3.05) is 0 Å². The average molecular weight is 1360 g/mol. The van der Waals surface area contributed by atoms with Gasteiger partial charge in [0.05, 0.1) is 28.4 Å². The fraction of sp³-hybridized carbons (Fsp3) is 0. The number of hydrogen-bond acceptors (Lipinski definition) is 12. The van der Waals surface area contributed by atoms with E-state index in [0.29, 0.717) is 40.7 Å². The van der Waals surface area contributed by atoms with E-state index in [4.69, 9.17) is 53.7 Å². The Morgan fingerprint density at radius 3 is 0.953 bits per heavy atom. The Bertz CT molecular complexity index is 6620. The maximum atomic E-state index is 6.24. The zero-order valence-electron chi connectivity index (χ0n) is 56.8. The van der Waals surface area contributed by atoms with Gasteiger partial charge in [0.15, 0.2) is 40.5 Å². The van der Waals surface area contributed by atoms with Gasteiger partial charge in [-0.3, -0.25) is 9.97 Å². The van der Waals surface area contributed by atoms with E-state index in [9.17, 15) is 0 Å². The minimum Gasteiger partial charge on any atom is -0.454 e. The molecule has 20 rings (SSSR count). The maximum absolute atomic E-state index is 6.24. The summed E-state index contributed by atoms with van der Waals surface area (Å²) >= 11 is 0. The number of furan rings is 2. The number of fused-ring (bicyclic) bond motifs is 9. The molecular formula is C94H58N10O2. The molecule has 0 amide bonds. The highest BCUT2D eigenvalue weighted by Crippen LogP contribution is 2.38. The minimum atomic E-state index is 0.553. The Kier molecular flexibility index (Phi) is 15.9. The smallest absolute Gasteiger partial charge is 0.246 e. The van der Waals surface area contributed by atoms with Gasteiger partial charge < -0.3 is 8.83 Å². The summed E-state index contributed by atoms with van der Waals surface area (Å²) in [5.74, 6) is 3.79. The van der Waals surface area contributed by atoms with Crippen molar-refractivity contribution >= 4 is 66.1 Å². The Balaban J connectivity index is 0.000000145. The summed E-state index contributed by atoms with van der Waals surface area (Å²) in [5.41, 5.74) is 25.0. The van der Waals surface area contributed by atoms with E-state index in [1.807, 2.05) is 134 Å². The highest BCUT2D eigenvalue weighted by molar-refractivity contribution is 6.14. The fourth-order valence-electron chi connectivity index (χ4n) is 13.6. The van der Waals surface area contributed by atoms with Crippen LogP contribution in [-0.4, -0.2) is 49.8 Å². The van der Waals surface area contributed by atoms with E-state index in [1.165, 1.54) is 11.1 Å². The molecule has 12 nitrogen and oxygen atoms in total. The lowest BCUT2D eigenvalue weighted by molar-refractivity contribution is 0.655. The standard InChI is InChI=1S/2C47H29N5O/c1-3-9-30(10-4-1)31-17-23-36(24-18-31)46-50-45(35-11-5-2-6-12-35)51-47(52-46)37-25-19-33(20-26-37)32-15-21-34(22-16-32)42-27-39-40-28-48-41-14-8-7-13-38(41)44(40)53-43(39)29-49-42;1-3-9-30(10-4-1)31-19-23-36(24-20-31)45-50-44(35-11-5-2-6-12-35)51-46(52-45)37-25-21-33(22-26-37)32-15-17-34(18-16-32)38-27-28-39-42(29-38)53-47-43(39)48-40-13-7-8-14-41(40)49-47/h2*1-29H. The van der Waals surface area contributed by atoms with Gasteiger partial charge in [-0.25, -0.2) is 39.9 Å². The number of aromatic nitrogens is 10. The van der Waals surface area contributed by atoms with E-state index in [-0.39, 0.29) is 0 Å². The van der Waals surface area contributed by atoms with Crippen molar-refractivity contribution in [2.24, 2.45) is 0 Å². The Morgan fingerprint density at radius 2 is 0.519 bits per heavy atom. The van der Waals surface area contributed by atoms with Crippen LogP contribution in [0.5, 0.6) is 0 Å². The lowest BCUT2D eigenvalue weighted by atomic mass is 9.99. The number of pyridine rings is 2. The molecule has 0 radical (unpaired) electrons. The molecule has 13 aromatic carbocycles. The number of hydrogen-bond donors (Lipinski definition) is 0. The molecule has 0 atom stereocenters. The quantitative estimate of drug-likeness (QED) is 0.114. The first-order chi connectivity index (χ1) is 52.4. The van der Waals surface area contributed by atoms with Crippen molar-refractivity contribution < 1.29 is 8.83 Å². The molecule has 0 aliphatic heterocycles. The first-order valence-corrected chi connectivity index (χ1v) is 35.0. The van der Waals surface area contributed by atoms with Crippen molar-refractivity contribution in [2.45, 2.75) is 0 Å². The van der Waals surface area contributed by atoms with Gasteiger partial charge in [0.25, 0.3) is 0 Å². The van der Waals surface area contributed by atoms with Gasteiger partial charge in [-0.15, -0.1) is 0 Å². The third-order valence-electron chi connectivity index (χ3n) is 19.3. The summed E-state index contributed by atoms with van der Waals surface area (Å²) < 4.78 is 12.4. The molecule has 0 aliphatic rings. The first kappa shape index (κ1) is 62.4. The molecule has 0 bridgehead atoms. The zero-order valence-corrected chi connectivity index (χ0v) is 56.8. The molecule has 0 N–H and O–H groups in total. The van der Waals surface area contributed by atoms with Crippen LogP contribution in [0.3, 0.4) is 0 Å². The third-order valence-corrected chi connectivity index (χ3v) is 19.3. The van der Waals surface area contributed by atoms with Gasteiger partial charge in [-0.1, -0.05) is 297 Å². The van der Waals surface area contributed by atoms with Crippen LogP contribution in [0, 0.1) is 0 Å². The highest BCUT2D eigenvalue weighted by atomic mass is 16.3. The normalized spacial score (nSPS) is 11.4. The van der Waals surface area contributed by atoms with Crippen LogP contribution in [0.4, 0.5) is 0 Å². The van der Waals surface area contributed by atoms with E-state index < -0.39 is 0 Å². The second-order valence-electron chi connectivity index (χ2n) is 25.9. The molecule has 0 saturated carbocycles. The number of rotatable bonds is 12. The Labute approximate surface area is 608 Å². The third kappa shape index (κ3) is 12.3. The highest BCUT2D eigenvalue weighted by Gasteiger charge is 2.19. The molecule has 0 unspecified atom stereocenters. The minimum absolute atomic E-state index is 0.553. The van der Waals surface area contributed by atoms with Crippen LogP contribution in [-0.2, 0) is 0 Å². The summed E-state index contributed by atoms with van der Waals surface area (Å²) in [4.78, 5) is 48.5. The summed E-state index contributed by atoms with van der Waals surface area (Å²) in [6.45, 7) is 0. The van der Waals surface area contributed by atoms with Crippen LogP contribution >= 0.6 is 0 Å². The predicted molar refractivity (Wildman–Crippen MR) is 426 cm³/mol. The van der Waals surface area contributed by atoms with E-state index >= 15 is 0 Å². The van der Waals surface area contributed by atoms with Crippen molar-refractivity contribution in [1.29, 1.82) is 0 Å². The maximum Gasteiger partial charge on any atom is 0.246 e. The van der Waals surface area contributed by atoms with Crippen molar-refractivity contribution in [3.05, 3.63) is 352 Å². The number of benzene rings is 13. The van der Waals surface area contributed by atoms with Crippen LogP contribution in [0.15, 0.2) is 361 Å². The van der Waals surface area contributed by atoms with Gasteiger partial charge in [-0.2, -0.15) is 0 Å². The van der Waals surface area contributed by atoms with Gasteiger partial charge in [0.1, 0.15) is 16.7 Å². The summed E-state index contributed by atoms with van der Waals surface area (Å²) in [6.07, 6.45) is 3.70. The molecule has 7 aromatic heterocycles. The second kappa shape index (κ2) is 27.0. The Morgan fingerprint density at radius 1 is 0.189 bits per heavy atom. The second-order valence-corrected chi connectivity index (χ2v) is 25.9. The van der Waals surface area contributed by atoms with E-state index in [0.717, 1.165) is 150 Å². The summed E-state index contributed by atoms with van der Waals surface area (Å²) in [7, 11) is 0. The molecule has 0 spiro atoms. The van der Waals surface area contributed by atoms with E-state index in [2.05, 4.69) is 223 Å². The van der Waals surface area contributed by atoms with Crippen LogP contribution < -0.4 is 0 Å². The van der Waals surface area contributed by atoms with E-state index in [1.54, 1.807) is 0 Å². The van der Waals surface area contributed by atoms with Crippen LogP contribution in [0.2, 0.25) is 0 Å². The monoisotopic (exact) mass is 1360 g/mol. The largest absolute Gasteiger partial charge is 0.454 e. The summed E-state index contributed by atoms with van der Waals surface area (Å²) in [6, 6.07) is 116. The topological polar surface area (TPSA) is 155 Å². The number of nitrogens with zero attached hydrogens (tertiary/aromatic N) is 10. The van der Waals surface area contributed by atoms with Crippen molar-refractivity contribution in [3.63, 3.8) is 0 Å². The molecule has 0 fully saturated rings. The van der Waals surface area contributed by atoms with Crippen molar-refractivity contribution in [1.82, 2.24) is 49.8 Å². The zero-order chi connectivity index (χ0) is 70.3. The molecule has 0 aliphatic carbocycles. The van der Waals surface area contributed by atoms with Gasteiger partial charge in [0, 0.05) is 66.7 Å². The lowest BCUT2D eigenvalue weighted by Crippen LogP contribution is -2.00. The Hall–Kier alpha value is -14.6.